The minimum Gasteiger partial charge on any atom is -0.497 e. The van der Waals surface area contributed by atoms with Crippen LogP contribution in [0.2, 0.25) is 0 Å². The monoisotopic (exact) mass is 362 g/mol. The molecule has 2 saturated heterocycles. The van der Waals surface area contributed by atoms with E-state index in [1.807, 2.05) is 12.1 Å². The predicted octanol–water partition coefficient (Wildman–Crippen LogP) is 2.88. The van der Waals surface area contributed by atoms with Crippen LogP contribution in [0.25, 0.3) is 6.08 Å². The smallest absolute Gasteiger partial charge is 0.290 e. The number of imide groups is 1. The van der Waals surface area contributed by atoms with Crippen LogP contribution < -0.4 is 14.8 Å². The highest BCUT2D eigenvalue weighted by atomic mass is 32.2. The second-order valence-corrected chi connectivity index (χ2v) is 7.02. The van der Waals surface area contributed by atoms with Gasteiger partial charge in [0.25, 0.3) is 11.1 Å². The van der Waals surface area contributed by atoms with Crippen LogP contribution >= 0.6 is 11.8 Å². The van der Waals surface area contributed by atoms with Crippen molar-refractivity contribution in [1.29, 1.82) is 0 Å². The fourth-order valence-electron chi connectivity index (χ4n) is 2.93. The third-order valence-corrected chi connectivity index (χ3v) is 5.07. The van der Waals surface area contributed by atoms with Gasteiger partial charge in [-0.3, -0.25) is 19.8 Å². The molecule has 2 amide bonds. The van der Waals surface area contributed by atoms with Crippen molar-refractivity contribution in [3.63, 3.8) is 0 Å². The van der Waals surface area contributed by atoms with Crippen LogP contribution in [0.3, 0.4) is 0 Å². The third-order valence-electron chi connectivity index (χ3n) is 4.26. The van der Waals surface area contributed by atoms with Crippen molar-refractivity contribution in [3.05, 3.63) is 28.7 Å². The summed E-state index contributed by atoms with van der Waals surface area (Å²) < 4.78 is 11.2. The molecular weight excluding hydrogens is 340 g/mol. The number of ether oxygens (including phenoxy) is 2. The maximum Gasteiger partial charge on any atom is 0.290 e. The summed E-state index contributed by atoms with van der Waals surface area (Å²) in [5.41, 5.74) is 0.727. The van der Waals surface area contributed by atoms with E-state index in [-0.39, 0.29) is 11.1 Å². The number of hydrogen-bond acceptors (Lipinski definition) is 6. The maximum absolute atomic E-state index is 11.8. The number of carbonyl (C=O) groups is 2. The van der Waals surface area contributed by atoms with Gasteiger partial charge in [-0.25, -0.2) is 0 Å². The molecule has 7 heteroatoms. The van der Waals surface area contributed by atoms with Gasteiger partial charge in [0.15, 0.2) is 0 Å². The van der Waals surface area contributed by atoms with Crippen molar-refractivity contribution < 1.29 is 19.1 Å². The van der Waals surface area contributed by atoms with E-state index >= 15 is 0 Å². The van der Waals surface area contributed by atoms with Crippen molar-refractivity contribution in [2.45, 2.75) is 19.3 Å². The summed E-state index contributed by atoms with van der Waals surface area (Å²) in [5, 5.41) is 1.90. The molecule has 1 aromatic rings. The fraction of sp³-hybridized carbons (Fsp3) is 0.444. The van der Waals surface area contributed by atoms with Crippen molar-refractivity contribution in [3.8, 4) is 11.5 Å². The number of amides is 2. The molecule has 6 nitrogen and oxygen atoms in total. The lowest BCUT2D eigenvalue weighted by molar-refractivity contribution is -0.115. The molecule has 0 aromatic heterocycles. The van der Waals surface area contributed by atoms with Crippen LogP contribution in [0.15, 0.2) is 23.1 Å². The minimum absolute atomic E-state index is 0.355. The van der Waals surface area contributed by atoms with Gasteiger partial charge in [-0.15, -0.1) is 0 Å². The third kappa shape index (κ3) is 4.76. The summed E-state index contributed by atoms with van der Waals surface area (Å²) in [6.45, 7) is 3.72. The number of nitrogens with one attached hydrogen (secondary N) is 1. The highest BCUT2D eigenvalue weighted by Gasteiger charge is 2.25. The fourth-order valence-corrected chi connectivity index (χ4v) is 3.60. The zero-order valence-electron chi connectivity index (χ0n) is 14.2. The quantitative estimate of drug-likeness (QED) is 0.785. The standard InChI is InChI=1S/C18H22N2O4S/c1-23-14-5-6-15(24-10-9-20-7-3-2-4-8-20)13(11-14)12-16-17(21)19-18(22)25-16/h5-6,11-12H,2-4,7-10H2,1H3,(H,19,21,22)/b16-12+. The number of nitrogens with zero attached hydrogens (tertiary/aromatic N) is 1. The van der Waals surface area contributed by atoms with Crippen molar-refractivity contribution in [2.75, 3.05) is 33.4 Å². The summed E-state index contributed by atoms with van der Waals surface area (Å²) in [6.07, 6.45) is 5.48. The zero-order valence-corrected chi connectivity index (χ0v) is 15.1. The molecule has 0 aliphatic carbocycles. The summed E-state index contributed by atoms with van der Waals surface area (Å²) in [5.74, 6) is 0.972. The van der Waals surface area contributed by atoms with Gasteiger partial charge in [-0.2, -0.15) is 0 Å². The average molecular weight is 362 g/mol. The number of rotatable bonds is 6. The van der Waals surface area contributed by atoms with Gasteiger partial charge in [0.1, 0.15) is 18.1 Å². The lowest BCUT2D eigenvalue weighted by Gasteiger charge is -2.26. The van der Waals surface area contributed by atoms with Gasteiger partial charge in [0, 0.05) is 12.1 Å². The second-order valence-electron chi connectivity index (χ2n) is 6.01. The Labute approximate surface area is 151 Å². The Morgan fingerprint density at radius 3 is 2.72 bits per heavy atom. The average Bonchev–Trinajstić information content (AvgIpc) is 2.94. The van der Waals surface area contributed by atoms with E-state index in [2.05, 4.69) is 10.2 Å². The molecule has 0 spiro atoms. The first-order valence-electron chi connectivity index (χ1n) is 8.44. The van der Waals surface area contributed by atoms with E-state index in [1.54, 1.807) is 19.3 Å². The molecule has 2 fully saturated rings. The molecule has 1 N–H and O–H groups in total. The van der Waals surface area contributed by atoms with Crippen LogP contribution in [0.5, 0.6) is 11.5 Å². The Bertz CT molecular complexity index is 684. The molecule has 0 saturated carbocycles. The Morgan fingerprint density at radius 2 is 2.04 bits per heavy atom. The zero-order chi connectivity index (χ0) is 17.6. The van der Waals surface area contributed by atoms with Gasteiger partial charge in [0.05, 0.1) is 12.0 Å². The van der Waals surface area contributed by atoms with Gasteiger partial charge in [0.2, 0.25) is 0 Å². The van der Waals surface area contributed by atoms with E-state index in [0.717, 1.165) is 37.0 Å². The maximum atomic E-state index is 11.8. The van der Waals surface area contributed by atoms with Crippen molar-refractivity contribution in [1.82, 2.24) is 10.2 Å². The molecule has 3 rings (SSSR count). The number of carbonyl (C=O) groups excluding carboxylic acids is 2. The van der Waals surface area contributed by atoms with Crippen LogP contribution in [0.1, 0.15) is 24.8 Å². The summed E-state index contributed by atoms with van der Waals surface area (Å²) in [7, 11) is 1.59. The van der Waals surface area contributed by atoms with Crippen LogP contribution in [0.4, 0.5) is 4.79 Å². The molecule has 25 heavy (non-hydrogen) atoms. The molecule has 2 heterocycles. The van der Waals surface area contributed by atoms with E-state index < -0.39 is 0 Å². The molecule has 134 valence electrons. The van der Waals surface area contributed by atoms with Crippen LogP contribution in [-0.4, -0.2) is 49.4 Å². The Hall–Kier alpha value is -1.99. The van der Waals surface area contributed by atoms with Gasteiger partial charge in [-0.1, -0.05) is 6.42 Å². The Morgan fingerprint density at radius 1 is 1.24 bits per heavy atom. The first-order valence-corrected chi connectivity index (χ1v) is 9.25. The lowest BCUT2D eigenvalue weighted by atomic mass is 10.1. The first-order chi connectivity index (χ1) is 12.2. The Balaban J connectivity index is 1.70. The molecular formula is C18H22N2O4S. The van der Waals surface area contributed by atoms with Crippen molar-refractivity contribution in [2.24, 2.45) is 0 Å². The second kappa shape index (κ2) is 8.40. The summed E-state index contributed by atoms with van der Waals surface area (Å²) in [6, 6.07) is 5.46. The summed E-state index contributed by atoms with van der Waals surface area (Å²) >= 11 is 0.894. The topological polar surface area (TPSA) is 67.9 Å². The molecule has 0 atom stereocenters. The van der Waals surface area contributed by atoms with Gasteiger partial charge < -0.3 is 9.47 Å². The Kier molecular flexibility index (Phi) is 5.99. The molecule has 0 radical (unpaired) electrons. The van der Waals surface area contributed by atoms with Crippen molar-refractivity contribution >= 4 is 29.0 Å². The largest absolute Gasteiger partial charge is 0.497 e. The molecule has 1 aromatic carbocycles. The van der Waals surface area contributed by atoms with Gasteiger partial charge >= 0.3 is 0 Å². The van der Waals surface area contributed by atoms with Crippen LogP contribution in [0, 0.1) is 0 Å². The highest BCUT2D eigenvalue weighted by Crippen LogP contribution is 2.31. The molecule has 0 bridgehead atoms. The lowest BCUT2D eigenvalue weighted by Crippen LogP contribution is -2.33. The first kappa shape index (κ1) is 17.8. The predicted molar refractivity (Wildman–Crippen MR) is 97.9 cm³/mol. The molecule has 2 aliphatic rings. The van der Waals surface area contributed by atoms with E-state index in [4.69, 9.17) is 9.47 Å². The summed E-state index contributed by atoms with van der Waals surface area (Å²) in [4.78, 5) is 25.9. The van der Waals surface area contributed by atoms with Crippen LogP contribution in [-0.2, 0) is 4.79 Å². The number of likely N-dealkylation sites (tertiary alicyclic amines) is 1. The van der Waals surface area contributed by atoms with E-state index in [9.17, 15) is 9.59 Å². The van der Waals surface area contributed by atoms with E-state index in [1.165, 1.54) is 19.3 Å². The SMILES string of the molecule is COc1ccc(OCCN2CCCCC2)c(/C=C2/SC(=O)NC2=O)c1. The number of benzene rings is 1. The molecule has 2 aliphatic heterocycles. The number of hydrogen-bond donors (Lipinski definition) is 1. The number of thioether (sulfide) groups is 1. The normalized spacial score (nSPS) is 20.0. The molecule has 0 unspecified atom stereocenters. The number of piperidine rings is 1. The van der Waals surface area contributed by atoms with E-state index in [0.29, 0.717) is 23.0 Å². The highest BCUT2D eigenvalue weighted by molar-refractivity contribution is 8.18. The van der Waals surface area contributed by atoms with Gasteiger partial charge in [-0.05, 0) is 62.0 Å². The minimum atomic E-state index is -0.378. The number of methoxy groups -OCH3 is 1.